The van der Waals surface area contributed by atoms with Crippen molar-refractivity contribution in [1.29, 1.82) is 0 Å². The highest BCUT2D eigenvalue weighted by Crippen LogP contribution is 2.28. The summed E-state index contributed by atoms with van der Waals surface area (Å²) in [6, 6.07) is 10.9. The Morgan fingerprint density at radius 1 is 1.21 bits per heavy atom. The van der Waals surface area contributed by atoms with Gasteiger partial charge in [0.2, 0.25) is 0 Å². The molecule has 0 saturated carbocycles. The normalized spacial score (nSPS) is 15.3. The van der Waals surface area contributed by atoms with Gasteiger partial charge >= 0.3 is 6.09 Å². The van der Waals surface area contributed by atoms with E-state index < -0.39 is 5.60 Å². The number of anilines is 1. The lowest BCUT2D eigenvalue weighted by Crippen LogP contribution is -2.48. The fraction of sp³-hybridized carbons (Fsp3) is 0.478. The first kappa shape index (κ1) is 21.6. The lowest BCUT2D eigenvalue weighted by molar-refractivity contribution is 0.0204. The minimum Gasteiger partial charge on any atom is -0.444 e. The largest absolute Gasteiger partial charge is 0.444 e. The molecule has 1 amide bonds. The number of aromatic nitrogens is 1. The van der Waals surface area contributed by atoms with Crippen LogP contribution in [0.3, 0.4) is 0 Å². The summed E-state index contributed by atoms with van der Waals surface area (Å²) in [4.78, 5) is 21.0. The average molecular weight is 460 g/mol. The van der Waals surface area contributed by atoms with E-state index in [0.29, 0.717) is 19.1 Å². The Morgan fingerprint density at radius 2 is 1.86 bits per heavy atom. The van der Waals surface area contributed by atoms with Crippen molar-refractivity contribution in [2.45, 2.75) is 58.7 Å². The Labute approximate surface area is 182 Å². The van der Waals surface area contributed by atoms with Crippen LogP contribution in [0, 0.1) is 6.92 Å². The maximum Gasteiger partial charge on any atom is 0.410 e. The van der Waals surface area contributed by atoms with Crippen LogP contribution in [0.4, 0.5) is 10.5 Å². The molecule has 0 atom stereocenters. The first-order valence-electron chi connectivity index (χ1n) is 10.1. The van der Waals surface area contributed by atoms with E-state index in [1.54, 1.807) is 0 Å². The number of aryl methyl sites for hydroxylation is 1. The fourth-order valence-electron chi connectivity index (χ4n) is 3.60. The molecular weight excluding hydrogens is 430 g/mol. The standard InChI is InChI=1S/C23H30BrN3O2/c1-17-9-12-25-15-18(17)16-27(20-7-5-19(24)6-8-20)21-10-13-26(14-11-21)22(28)29-23(2,3)4/h5-9,12,15,21H,10-11,13-14,16H2,1-4H3. The smallest absolute Gasteiger partial charge is 0.410 e. The van der Waals surface area contributed by atoms with E-state index in [4.69, 9.17) is 4.74 Å². The molecule has 1 fully saturated rings. The van der Waals surface area contributed by atoms with Gasteiger partial charge in [0.25, 0.3) is 0 Å². The molecule has 1 saturated heterocycles. The maximum absolute atomic E-state index is 12.4. The predicted molar refractivity (Wildman–Crippen MR) is 120 cm³/mol. The van der Waals surface area contributed by atoms with Crippen LogP contribution in [-0.4, -0.2) is 40.7 Å². The number of piperidine rings is 1. The molecule has 0 unspecified atom stereocenters. The zero-order valence-corrected chi connectivity index (χ0v) is 19.3. The molecule has 2 aromatic rings. The van der Waals surface area contributed by atoms with E-state index in [-0.39, 0.29) is 6.09 Å². The van der Waals surface area contributed by atoms with E-state index in [0.717, 1.165) is 23.9 Å². The average Bonchev–Trinajstić information content (AvgIpc) is 2.67. The Morgan fingerprint density at radius 3 is 2.45 bits per heavy atom. The second-order valence-corrected chi connectivity index (χ2v) is 9.52. The number of ether oxygens (including phenoxy) is 1. The number of rotatable bonds is 4. The molecule has 6 heteroatoms. The van der Waals surface area contributed by atoms with Gasteiger partial charge in [-0.3, -0.25) is 4.98 Å². The number of nitrogens with zero attached hydrogens (tertiary/aromatic N) is 3. The number of carbonyl (C=O) groups excluding carboxylic acids is 1. The number of benzene rings is 1. The zero-order valence-electron chi connectivity index (χ0n) is 17.7. The molecular formula is C23H30BrN3O2. The van der Waals surface area contributed by atoms with Crippen LogP contribution >= 0.6 is 15.9 Å². The summed E-state index contributed by atoms with van der Waals surface area (Å²) in [6.07, 6.45) is 5.40. The van der Waals surface area contributed by atoms with Gasteiger partial charge in [-0.05, 0) is 82.0 Å². The van der Waals surface area contributed by atoms with Crippen LogP contribution in [0.1, 0.15) is 44.7 Å². The SMILES string of the molecule is Cc1ccncc1CN(c1ccc(Br)cc1)C1CCN(C(=O)OC(C)(C)C)CC1. The lowest BCUT2D eigenvalue weighted by Gasteiger charge is -2.40. The summed E-state index contributed by atoms with van der Waals surface area (Å²) >= 11 is 3.53. The lowest BCUT2D eigenvalue weighted by atomic mass is 10.0. The second-order valence-electron chi connectivity index (χ2n) is 8.61. The van der Waals surface area contributed by atoms with E-state index in [2.05, 4.69) is 63.1 Å². The van der Waals surface area contributed by atoms with Crippen molar-refractivity contribution in [3.63, 3.8) is 0 Å². The molecule has 1 aromatic heterocycles. The Bertz CT molecular complexity index is 825. The van der Waals surface area contributed by atoms with E-state index >= 15 is 0 Å². The van der Waals surface area contributed by atoms with Gasteiger partial charge in [-0.2, -0.15) is 0 Å². The topological polar surface area (TPSA) is 45.7 Å². The van der Waals surface area contributed by atoms with E-state index in [1.807, 2.05) is 38.1 Å². The second kappa shape index (κ2) is 9.16. The molecule has 29 heavy (non-hydrogen) atoms. The predicted octanol–water partition coefficient (Wildman–Crippen LogP) is 5.56. The molecule has 0 aliphatic carbocycles. The number of hydrogen-bond acceptors (Lipinski definition) is 4. The fourth-order valence-corrected chi connectivity index (χ4v) is 3.86. The Kier molecular flexibility index (Phi) is 6.83. The van der Waals surface area contributed by atoms with Crippen LogP contribution in [0.2, 0.25) is 0 Å². The molecule has 0 N–H and O–H groups in total. The van der Waals surface area contributed by atoms with Crippen LogP contribution in [0.25, 0.3) is 0 Å². The van der Waals surface area contributed by atoms with Gasteiger partial charge in [0.1, 0.15) is 5.60 Å². The monoisotopic (exact) mass is 459 g/mol. The number of halogens is 1. The van der Waals surface area contributed by atoms with Gasteiger partial charge in [-0.1, -0.05) is 15.9 Å². The van der Waals surface area contributed by atoms with Crippen molar-refractivity contribution in [1.82, 2.24) is 9.88 Å². The summed E-state index contributed by atoms with van der Waals surface area (Å²) in [5, 5.41) is 0. The number of carbonyl (C=O) groups is 1. The highest BCUT2D eigenvalue weighted by Gasteiger charge is 2.30. The molecule has 1 aliphatic heterocycles. The molecule has 0 bridgehead atoms. The van der Waals surface area contributed by atoms with Crippen molar-refractivity contribution in [2.75, 3.05) is 18.0 Å². The summed E-state index contributed by atoms with van der Waals surface area (Å²) < 4.78 is 6.61. The van der Waals surface area contributed by atoms with Crippen molar-refractivity contribution < 1.29 is 9.53 Å². The maximum atomic E-state index is 12.4. The minimum absolute atomic E-state index is 0.214. The summed E-state index contributed by atoms with van der Waals surface area (Å²) in [5.74, 6) is 0. The molecule has 156 valence electrons. The van der Waals surface area contributed by atoms with Crippen molar-refractivity contribution in [3.05, 3.63) is 58.3 Å². The van der Waals surface area contributed by atoms with Gasteiger partial charge in [0.15, 0.2) is 0 Å². The number of likely N-dealkylation sites (tertiary alicyclic amines) is 1. The first-order valence-corrected chi connectivity index (χ1v) is 10.9. The summed E-state index contributed by atoms with van der Waals surface area (Å²) in [5.41, 5.74) is 3.19. The number of pyridine rings is 1. The zero-order chi connectivity index (χ0) is 21.0. The number of hydrogen-bond donors (Lipinski definition) is 0. The molecule has 1 aliphatic rings. The van der Waals surface area contributed by atoms with Gasteiger partial charge in [0, 0.05) is 48.2 Å². The summed E-state index contributed by atoms with van der Waals surface area (Å²) in [6.45, 7) is 10.1. The highest BCUT2D eigenvalue weighted by molar-refractivity contribution is 9.10. The van der Waals surface area contributed by atoms with Gasteiger partial charge in [0.05, 0.1) is 0 Å². The van der Waals surface area contributed by atoms with Crippen molar-refractivity contribution in [3.8, 4) is 0 Å². The first-order chi connectivity index (χ1) is 13.7. The van der Waals surface area contributed by atoms with E-state index in [1.165, 1.54) is 16.8 Å². The van der Waals surface area contributed by atoms with Crippen LogP contribution in [-0.2, 0) is 11.3 Å². The third kappa shape index (κ3) is 5.95. The molecule has 2 heterocycles. The highest BCUT2D eigenvalue weighted by atomic mass is 79.9. The van der Waals surface area contributed by atoms with Crippen LogP contribution in [0.5, 0.6) is 0 Å². The minimum atomic E-state index is -0.463. The summed E-state index contributed by atoms with van der Waals surface area (Å²) in [7, 11) is 0. The molecule has 0 radical (unpaired) electrons. The van der Waals surface area contributed by atoms with E-state index in [9.17, 15) is 4.79 Å². The van der Waals surface area contributed by atoms with Crippen LogP contribution in [0.15, 0.2) is 47.2 Å². The Hall–Kier alpha value is -2.08. The molecule has 5 nitrogen and oxygen atoms in total. The third-order valence-electron chi connectivity index (χ3n) is 5.20. The molecule has 0 spiro atoms. The van der Waals surface area contributed by atoms with Gasteiger partial charge < -0.3 is 14.5 Å². The number of amides is 1. The Balaban J connectivity index is 1.74. The molecule has 1 aromatic carbocycles. The van der Waals surface area contributed by atoms with Crippen LogP contribution < -0.4 is 4.90 Å². The van der Waals surface area contributed by atoms with Crippen molar-refractivity contribution in [2.24, 2.45) is 0 Å². The quantitative estimate of drug-likeness (QED) is 0.600. The molecule has 3 rings (SSSR count). The third-order valence-corrected chi connectivity index (χ3v) is 5.73. The van der Waals surface area contributed by atoms with Gasteiger partial charge in [-0.25, -0.2) is 4.79 Å². The van der Waals surface area contributed by atoms with Crippen molar-refractivity contribution >= 4 is 27.7 Å². The van der Waals surface area contributed by atoms with Gasteiger partial charge in [-0.15, -0.1) is 0 Å².